The van der Waals surface area contributed by atoms with Gasteiger partial charge in [0, 0.05) is 35.8 Å². The molecule has 0 radical (unpaired) electrons. The highest BCUT2D eigenvalue weighted by Gasteiger charge is 2.04. The predicted octanol–water partition coefficient (Wildman–Crippen LogP) is 3.39. The van der Waals surface area contributed by atoms with Gasteiger partial charge in [-0.2, -0.15) is 0 Å². The number of hydrogen-bond donors (Lipinski definition) is 1. The van der Waals surface area contributed by atoms with Gasteiger partial charge in [0.2, 0.25) is 0 Å². The van der Waals surface area contributed by atoms with Gasteiger partial charge < -0.3 is 9.88 Å². The maximum atomic E-state index is 6.16. The molecule has 0 aliphatic rings. The van der Waals surface area contributed by atoms with Crippen molar-refractivity contribution in [2.45, 2.75) is 19.9 Å². The Morgan fingerprint density at radius 3 is 2.89 bits per heavy atom. The van der Waals surface area contributed by atoms with Crippen molar-refractivity contribution in [3.8, 4) is 0 Å². The number of halogens is 2. The Labute approximate surface area is 123 Å². The first-order valence-electron chi connectivity index (χ1n) is 6.34. The quantitative estimate of drug-likeness (QED) is 0.828. The lowest BCUT2D eigenvalue weighted by molar-refractivity contribution is 0.708. The summed E-state index contributed by atoms with van der Waals surface area (Å²) in [4.78, 5) is 4.39. The van der Waals surface area contributed by atoms with Crippen molar-refractivity contribution in [1.29, 1.82) is 0 Å². The molecule has 0 spiro atoms. The van der Waals surface area contributed by atoms with Gasteiger partial charge in [-0.1, -0.05) is 36.2 Å². The molecule has 1 aromatic heterocycles. The van der Waals surface area contributed by atoms with Gasteiger partial charge in [0.25, 0.3) is 0 Å². The van der Waals surface area contributed by atoms with Crippen molar-refractivity contribution in [3.05, 3.63) is 52.0 Å². The molecule has 2 rings (SSSR count). The molecule has 1 aromatic carbocycles. The number of rotatable bonds is 6. The van der Waals surface area contributed by atoms with E-state index in [2.05, 4.69) is 23.4 Å². The first-order chi connectivity index (χ1) is 9.19. The lowest BCUT2D eigenvalue weighted by Gasteiger charge is -2.05. The molecular formula is C14H17Cl2N3. The van der Waals surface area contributed by atoms with Crippen LogP contribution in [0.15, 0.2) is 30.7 Å². The standard InChI is InChI=1S/C14H17Cl2N3/c1-2-17-6-5-13-9-19(10-18-13)8-11-3-4-12(15)7-14(11)16/h3-4,7,9-10,17H,2,5-6,8H2,1H3. The van der Waals surface area contributed by atoms with Gasteiger partial charge in [0.1, 0.15) is 0 Å². The highest BCUT2D eigenvalue weighted by atomic mass is 35.5. The van der Waals surface area contributed by atoms with Crippen LogP contribution in [-0.2, 0) is 13.0 Å². The fourth-order valence-electron chi connectivity index (χ4n) is 1.86. The first kappa shape index (κ1) is 14.4. The molecule has 19 heavy (non-hydrogen) atoms. The molecule has 0 amide bonds. The smallest absolute Gasteiger partial charge is 0.0952 e. The number of nitrogens with zero attached hydrogens (tertiary/aromatic N) is 2. The Balaban J connectivity index is 1.99. The zero-order valence-corrected chi connectivity index (χ0v) is 12.4. The number of benzene rings is 1. The molecule has 102 valence electrons. The van der Waals surface area contributed by atoms with Crippen molar-refractivity contribution in [2.24, 2.45) is 0 Å². The molecule has 0 aliphatic carbocycles. The van der Waals surface area contributed by atoms with Crippen LogP contribution in [0.3, 0.4) is 0 Å². The van der Waals surface area contributed by atoms with Crippen LogP contribution < -0.4 is 5.32 Å². The monoisotopic (exact) mass is 297 g/mol. The summed E-state index contributed by atoms with van der Waals surface area (Å²) in [6, 6.07) is 5.57. The van der Waals surface area contributed by atoms with E-state index < -0.39 is 0 Å². The Kier molecular flexibility index (Phi) is 5.25. The minimum absolute atomic E-state index is 0.658. The van der Waals surface area contributed by atoms with Crippen molar-refractivity contribution in [2.75, 3.05) is 13.1 Å². The van der Waals surface area contributed by atoms with Crippen molar-refractivity contribution >= 4 is 23.2 Å². The molecule has 0 atom stereocenters. The van der Waals surface area contributed by atoms with Crippen molar-refractivity contribution in [1.82, 2.24) is 14.9 Å². The third-order valence-corrected chi connectivity index (χ3v) is 3.45. The molecule has 0 fully saturated rings. The second-order valence-electron chi connectivity index (χ2n) is 4.38. The molecule has 0 saturated carbocycles. The maximum absolute atomic E-state index is 6.16. The third kappa shape index (κ3) is 4.23. The Bertz CT molecular complexity index is 537. The fourth-order valence-corrected chi connectivity index (χ4v) is 2.33. The van der Waals surface area contributed by atoms with Crippen LogP contribution in [0.5, 0.6) is 0 Å². The second-order valence-corrected chi connectivity index (χ2v) is 5.22. The van der Waals surface area contributed by atoms with Gasteiger partial charge >= 0.3 is 0 Å². The summed E-state index contributed by atoms with van der Waals surface area (Å²) in [5.74, 6) is 0. The molecule has 0 saturated heterocycles. The summed E-state index contributed by atoms with van der Waals surface area (Å²) in [6.45, 7) is 4.75. The third-order valence-electron chi connectivity index (χ3n) is 2.86. The zero-order valence-electron chi connectivity index (χ0n) is 10.9. The van der Waals surface area contributed by atoms with E-state index in [-0.39, 0.29) is 0 Å². The van der Waals surface area contributed by atoms with Crippen LogP contribution in [-0.4, -0.2) is 22.6 Å². The summed E-state index contributed by atoms with van der Waals surface area (Å²) < 4.78 is 2.04. The summed E-state index contributed by atoms with van der Waals surface area (Å²) in [5, 5.41) is 4.63. The van der Waals surface area contributed by atoms with Gasteiger partial charge in [-0.3, -0.25) is 0 Å². The molecule has 1 N–H and O–H groups in total. The Morgan fingerprint density at radius 1 is 1.32 bits per heavy atom. The Hall–Kier alpha value is -1.03. The fraction of sp³-hybridized carbons (Fsp3) is 0.357. The van der Waals surface area contributed by atoms with Crippen LogP contribution in [0.2, 0.25) is 10.0 Å². The van der Waals surface area contributed by atoms with E-state index in [0.717, 1.165) is 30.8 Å². The number of likely N-dealkylation sites (N-methyl/N-ethyl adjacent to an activating group) is 1. The Morgan fingerprint density at radius 2 is 2.16 bits per heavy atom. The molecule has 3 nitrogen and oxygen atoms in total. The number of aromatic nitrogens is 2. The van der Waals surface area contributed by atoms with Gasteiger partial charge in [0.15, 0.2) is 0 Å². The lowest BCUT2D eigenvalue weighted by atomic mass is 10.2. The molecule has 0 unspecified atom stereocenters. The molecule has 0 bridgehead atoms. The summed E-state index contributed by atoms with van der Waals surface area (Å²) >= 11 is 12.0. The average molecular weight is 298 g/mol. The average Bonchev–Trinajstić information content (AvgIpc) is 2.81. The molecule has 0 aliphatic heterocycles. The number of hydrogen-bond acceptors (Lipinski definition) is 2. The highest BCUT2D eigenvalue weighted by Crippen LogP contribution is 2.21. The predicted molar refractivity (Wildman–Crippen MR) is 80.0 cm³/mol. The van der Waals surface area contributed by atoms with Crippen LogP contribution >= 0.6 is 23.2 Å². The van der Waals surface area contributed by atoms with Crippen molar-refractivity contribution < 1.29 is 0 Å². The van der Waals surface area contributed by atoms with Crippen LogP contribution in [0.4, 0.5) is 0 Å². The van der Waals surface area contributed by atoms with Gasteiger partial charge in [-0.25, -0.2) is 4.98 Å². The van der Waals surface area contributed by atoms with Gasteiger partial charge in [0.05, 0.1) is 12.0 Å². The highest BCUT2D eigenvalue weighted by molar-refractivity contribution is 6.35. The van der Waals surface area contributed by atoms with Crippen LogP contribution in [0.1, 0.15) is 18.2 Å². The summed E-state index contributed by atoms with van der Waals surface area (Å²) in [6.07, 6.45) is 4.84. The van der Waals surface area contributed by atoms with Gasteiger partial charge in [-0.05, 0) is 24.2 Å². The first-order valence-corrected chi connectivity index (χ1v) is 7.10. The molecule has 2 aromatic rings. The normalized spacial score (nSPS) is 10.9. The van der Waals surface area contributed by atoms with E-state index >= 15 is 0 Å². The number of imidazole rings is 1. The second kappa shape index (κ2) is 6.94. The topological polar surface area (TPSA) is 29.9 Å². The molecule has 1 heterocycles. The minimum Gasteiger partial charge on any atom is -0.333 e. The van der Waals surface area contributed by atoms with Gasteiger partial charge in [-0.15, -0.1) is 0 Å². The maximum Gasteiger partial charge on any atom is 0.0952 e. The van der Waals surface area contributed by atoms with Crippen LogP contribution in [0, 0.1) is 0 Å². The van der Waals surface area contributed by atoms with E-state index in [1.165, 1.54) is 0 Å². The summed E-state index contributed by atoms with van der Waals surface area (Å²) in [7, 11) is 0. The lowest BCUT2D eigenvalue weighted by Crippen LogP contribution is -2.16. The van der Waals surface area contributed by atoms with E-state index in [1.54, 1.807) is 6.07 Å². The SMILES string of the molecule is CCNCCc1cn(Cc2ccc(Cl)cc2Cl)cn1. The van der Waals surface area contributed by atoms with Crippen LogP contribution in [0.25, 0.3) is 0 Å². The minimum atomic E-state index is 0.658. The van der Waals surface area contributed by atoms with Crippen molar-refractivity contribution in [3.63, 3.8) is 0 Å². The zero-order chi connectivity index (χ0) is 13.7. The molecule has 5 heteroatoms. The van der Waals surface area contributed by atoms with E-state index in [4.69, 9.17) is 23.2 Å². The van der Waals surface area contributed by atoms with E-state index in [9.17, 15) is 0 Å². The van der Waals surface area contributed by atoms with E-state index in [0.29, 0.717) is 16.6 Å². The van der Waals surface area contributed by atoms with E-state index in [1.807, 2.05) is 23.0 Å². The molecular weight excluding hydrogens is 281 g/mol. The summed E-state index contributed by atoms with van der Waals surface area (Å²) in [5.41, 5.74) is 2.13. The largest absolute Gasteiger partial charge is 0.333 e. The number of nitrogens with one attached hydrogen (secondary N) is 1.